The molecular formula is C18H33N3O2. The Balaban J connectivity index is 1.56. The van der Waals surface area contributed by atoms with E-state index in [0.29, 0.717) is 23.8 Å². The lowest BCUT2D eigenvalue weighted by Gasteiger charge is -2.43. The maximum absolute atomic E-state index is 13.0. The first-order valence-electron chi connectivity index (χ1n) is 9.51. The minimum Gasteiger partial charge on any atom is -0.380 e. The first-order valence-corrected chi connectivity index (χ1v) is 9.51. The fraction of sp³-hybridized carbons (Fsp3) is 0.944. The third-order valence-corrected chi connectivity index (χ3v) is 6.38. The van der Waals surface area contributed by atoms with Crippen molar-refractivity contribution in [2.24, 2.45) is 23.5 Å². The molecule has 5 unspecified atom stereocenters. The molecular weight excluding hydrogens is 290 g/mol. The van der Waals surface area contributed by atoms with Crippen LogP contribution in [0.3, 0.4) is 0 Å². The molecule has 1 saturated heterocycles. The van der Waals surface area contributed by atoms with Gasteiger partial charge in [0.1, 0.15) is 0 Å². The molecule has 1 amide bonds. The molecule has 1 heterocycles. The standard InChI is InChI=1S/C18H33N3O2/c1-3-15-12-21(8-7-20(15)9-10-23-4-2)18(22)16-13-5-6-14(11-13)17(16)19/h13-17H,3-12,19H2,1-2H3. The highest BCUT2D eigenvalue weighted by Gasteiger charge is 2.50. The van der Waals surface area contributed by atoms with Crippen molar-refractivity contribution in [3.05, 3.63) is 0 Å². The highest BCUT2D eigenvalue weighted by Crippen LogP contribution is 2.48. The molecule has 5 atom stereocenters. The number of hydrogen-bond acceptors (Lipinski definition) is 4. The number of fused-ring (bicyclic) bond motifs is 2. The highest BCUT2D eigenvalue weighted by atomic mass is 16.5. The smallest absolute Gasteiger partial charge is 0.227 e. The van der Waals surface area contributed by atoms with Crippen molar-refractivity contribution in [1.82, 2.24) is 9.80 Å². The van der Waals surface area contributed by atoms with Crippen molar-refractivity contribution in [3.63, 3.8) is 0 Å². The van der Waals surface area contributed by atoms with E-state index in [4.69, 9.17) is 10.5 Å². The molecule has 3 rings (SSSR count). The number of rotatable bonds is 6. The second-order valence-corrected chi connectivity index (χ2v) is 7.52. The Labute approximate surface area is 140 Å². The summed E-state index contributed by atoms with van der Waals surface area (Å²) in [5.41, 5.74) is 6.37. The van der Waals surface area contributed by atoms with Gasteiger partial charge in [-0.1, -0.05) is 6.92 Å². The number of nitrogens with two attached hydrogens (primary N) is 1. The van der Waals surface area contributed by atoms with Crippen molar-refractivity contribution in [2.45, 2.75) is 51.6 Å². The number of ether oxygens (including phenoxy) is 1. The molecule has 0 aromatic carbocycles. The van der Waals surface area contributed by atoms with Gasteiger partial charge in [-0.3, -0.25) is 9.69 Å². The van der Waals surface area contributed by atoms with Crippen LogP contribution < -0.4 is 5.73 Å². The molecule has 0 spiro atoms. The molecule has 0 aromatic rings. The van der Waals surface area contributed by atoms with Gasteiger partial charge < -0.3 is 15.4 Å². The Bertz CT molecular complexity index is 415. The fourth-order valence-electron chi connectivity index (χ4n) is 5.01. The van der Waals surface area contributed by atoms with Crippen LogP contribution in [0.1, 0.15) is 39.5 Å². The van der Waals surface area contributed by atoms with Gasteiger partial charge in [-0.15, -0.1) is 0 Å². The predicted molar refractivity (Wildman–Crippen MR) is 91.0 cm³/mol. The Morgan fingerprint density at radius 3 is 2.65 bits per heavy atom. The van der Waals surface area contributed by atoms with E-state index in [2.05, 4.69) is 16.7 Å². The van der Waals surface area contributed by atoms with Gasteiger partial charge >= 0.3 is 0 Å². The normalized spacial score (nSPS) is 37.5. The van der Waals surface area contributed by atoms with E-state index in [1.807, 2.05) is 6.92 Å². The van der Waals surface area contributed by atoms with Crippen molar-refractivity contribution in [2.75, 3.05) is 39.4 Å². The molecule has 5 nitrogen and oxygen atoms in total. The third-order valence-electron chi connectivity index (χ3n) is 6.38. The van der Waals surface area contributed by atoms with Crippen molar-refractivity contribution >= 4 is 5.91 Å². The third kappa shape index (κ3) is 3.42. The lowest BCUT2D eigenvalue weighted by Crippen LogP contribution is -2.58. The minimum absolute atomic E-state index is 0.0984. The van der Waals surface area contributed by atoms with E-state index in [1.54, 1.807) is 0 Å². The summed E-state index contributed by atoms with van der Waals surface area (Å²) in [5.74, 6) is 1.59. The largest absolute Gasteiger partial charge is 0.380 e. The summed E-state index contributed by atoms with van der Waals surface area (Å²) in [6.07, 6.45) is 4.71. The average molecular weight is 323 g/mol. The molecule has 0 radical (unpaired) electrons. The molecule has 2 aliphatic carbocycles. The van der Waals surface area contributed by atoms with E-state index in [0.717, 1.165) is 45.8 Å². The van der Waals surface area contributed by atoms with Crippen LogP contribution in [0.25, 0.3) is 0 Å². The van der Waals surface area contributed by atoms with Gasteiger partial charge in [0.25, 0.3) is 0 Å². The Kier molecular flexibility index (Phi) is 5.60. The number of carbonyl (C=O) groups is 1. The Hall–Kier alpha value is -0.650. The number of carbonyl (C=O) groups excluding carboxylic acids is 1. The quantitative estimate of drug-likeness (QED) is 0.749. The number of amides is 1. The van der Waals surface area contributed by atoms with Gasteiger partial charge in [-0.25, -0.2) is 0 Å². The molecule has 23 heavy (non-hydrogen) atoms. The molecule has 2 N–H and O–H groups in total. The lowest BCUT2D eigenvalue weighted by atomic mass is 9.83. The monoisotopic (exact) mass is 323 g/mol. The van der Waals surface area contributed by atoms with Crippen LogP contribution in [0.15, 0.2) is 0 Å². The summed E-state index contributed by atoms with van der Waals surface area (Å²) in [6, 6.07) is 0.570. The van der Waals surface area contributed by atoms with Crippen LogP contribution >= 0.6 is 0 Å². The molecule has 0 aromatic heterocycles. The van der Waals surface area contributed by atoms with Crippen LogP contribution in [-0.4, -0.2) is 67.2 Å². The SMILES string of the molecule is CCOCCN1CCN(C(=O)C2C3CCC(C3)C2N)CC1CC. The molecule has 2 saturated carbocycles. The predicted octanol–water partition coefficient (Wildman–Crippen LogP) is 1.32. The first kappa shape index (κ1) is 17.2. The van der Waals surface area contributed by atoms with E-state index >= 15 is 0 Å². The second-order valence-electron chi connectivity index (χ2n) is 7.52. The number of nitrogens with zero attached hydrogens (tertiary/aromatic N) is 2. The van der Waals surface area contributed by atoms with Crippen LogP contribution in [-0.2, 0) is 9.53 Å². The summed E-state index contributed by atoms with van der Waals surface area (Å²) < 4.78 is 5.49. The van der Waals surface area contributed by atoms with E-state index in [-0.39, 0.29) is 12.0 Å². The first-order chi connectivity index (χ1) is 11.2. The van der Waals surface area contributed by atoms with Crippen molar-refractivity contribution in [3.8, 4) is 0 Å². The summed E-state index contributed by atoms with van der Waals surface area (Å²) in [4.78, 5) is 17.6. The average Bonchev–Trinajstić information content (AvgIpc) is 3.15. The van der Waals surface area contributed by atoms with Crippen LogP contribution in [0.2, 0.25) is 0 Å². The van der Waals surface area contributed by atoms with E-state index in [1.165, 1.54) is 19.3 Å². The summed E-state index contributed by atoms with van der Waals surface area (Å²) in [6.45, 7) is 9.47. The zero-order valence-electron chi connectivity index (χ0n) is 14.7. The zero-order valence-corrected chi connectivity index (χ0v) is 14.7. The zero-order chi connectivity index (χ0) is 16.4. The van der Waals surface area contributed by atoms with Gasteiger partial charge in [0, 0.05) is 44.9 Å². The molecule has 5 heteroatoms. The van der Waals surface area contributed by atoms with E-state index in [9.17, 15) is 4.79 Å². The van der Waals surface area contributed by atoms with Crippen LogP contribution in [0, 0.1) is 17.8 Å². The van der Waals surface area contributed by atoms with E-state index < -0.39 is 0 Å². The maximum Gasteiger partial charge on any atom is 0.227 e. The molecule has 3 fully saturated rings. The van der Waals surface area contributed by atoms with Gasteiger partial charge in [-0.2, -0.15) is 0 Å². The highest BCUT2D eigenvalue weighted by molar-refractivity contribution is 5.80. The number of hydrogen-bond donors (Lipinski definition) is 1. The summed E-state index contributed by atoms with van der Waals surface area (Å²) >= 11 is 0. The second kappa shape index (κ2) is 7.49. The topological polar surface area (TPSA) is 58.8 Å². The van der Waals surface area contributed by atoms with Crippen molar-refractivity contribution in [1.29, 1.82) is 0 Å². The van der Waals surface area contributed by atoms with Gasteiger partial charge in [-0.05, 0) is 44.4 Å². The minimum atomic E-state index is 0.0984. The Morgan fingerprint density at radius 1 is 1.22 bits per heavy atom. The fourth-order valence-corrected chi connectivity index (χ4v) is 5.01. The molecule has 3 aliphatic rings. The number of piperazine rings is 1. The maximum atomic E-state index is 13.0. The van der Waals surface area contributed by atoms with Gasteiger partial charge in [0.15, 0.2) is 0 Å². The Morgan fingerprint density at radius 2 is 2.00 bits per heavy atom. The van der Waals surface area contributed by atoms with Gasteiger partial charge in [0.05, 0.1) is 12.5 Å². The lowest BCUT2D eigenvalue weighted by molar-refractivity contribution is -0.141. The molecule has 132 valence electrons. The van der Waals surface area contributed by atoms with Crippen molar-refractivity contribution < 1.29 is 9.53 Å². The van der Waals surface area contributed by atoms with Crippen LogP contribution in [0.5, 0.6) is 0 Å². The van der Waals surface area contributed by atoms with Gasteiger partial charge in [0.2, 0.25) is 5.91 Å². The molecule has 2 bridgehead atoms. The van der Waals surface area contributed by atoms with Crippen LogP contribution in [0.4, 0.5) is 0 Å². The summed E-state index contributed by atoms with van der Waals surface area (Å²) in [7, 11) is 0. The molecule has 1 aliphatic heterocycles. The summed E-state index contributed by atoms with van der Waals surface area (Å²) in [5, 5.41) is 0.